The van der Waals surface area contributed by atoms with Gasteiger partial charge >= 0.3 is 0 Å². The third kappa shape index (κ3) is 2.40. The van der Waals surface area contributed by atoms with Crippen LogP contribution in [0.4, 0.5) is 0 Å². The van der Waals surface area contributed by atoms with Crippen LogP contribution in [0, 0.1) is 17.3 Å². The number of aliphatic hydroxyl groups is 2. The first-order valence-corrected chi connectivity index (χ1v) is 10.1. The number of ether oxygens (including phenoxy) is 1. The van der Waals surface area contributed by atoms with E-state index in [1.807, 2.05) is 6.92 Å². The van der Waals surface area contributed by atoms with Gasteiger partial charge in [0.1, 0.15) is 6.10 Å². The van der Waals surface area contributed by atoms with Crippen LogP contribution in [0.5, 0.6) is 0 Å². The molecule has 0 spiro atoms. The highest BCUT2D eigenvalue weighted by atomic mass is 35.5. The summed E-state index contributed by atoms with van der Waals surface area (Å²) < 4.78 is 6.35. The van der Waals surface area contributed by atoms with E-state index >= 15 is 0 Å². The van der Waals surface area contributed by atoms with Gasteiger partial charge in [-0.2, -0.15) is 0 Å². The fourth-order valence-corrected chi connectivity index (χ4v) is 5.80. The molecule has 150 valence electrons. The van der Waals surface area contributed by atoms with Crippen LogP contribution in [0.1, 0.15) is 37.9 Å². The Balaban J connectivity index is 1.42. The maximum Gasteiger partial charge on any atom is 0.152 e. The molecular weight excluding hydrogens is 382 g/mol. The highest BCUT2D eigenvalue weighted by Crippen LogP contribution is 2.70. The number of rotatable bonds is 3. The lowest BCUT2D eigenvalue weighted by Gasteiger charge is -2.32. The second-order valence-corrected chi connectivity index (χ2v) is 9.17. The lowest BCUT2D eigenvalue weighted by molar-refractivity contribution is -0.104. The Labute approximate surface area is 168 Å². The van der Waals surface area contributed by atoms with Crippen LogP contribution in [-0.2, 0) is 4.74 Å². The zero-order valence-electron chi connectivity index (χ0n) is 15.5. The van der Waals surface area contributed by atoms with Crippen LogP contribution in [-0.4, -0.2) is 51.4 Å². The molecule has 4 unspecified atom stereocenters. The molecule has 2 aliphatic heterocycles. The molecule has 5 rings (SSSR count). The molecule has 4 aliphatic rings. The van der Waals surface area contributed by atoms with Crippen molar-refractivity contribution in [2.45, 2.75) is 56.1 Å². The highest BCUT2D eigenvalue weighted by Gasteiger charge is 2.79. The number of hydrogen-bond acceptors (Lipinski definition) is 6. The zero-order valence-corrected chi connectivity index (χ0v) is 16.3. The number of aliphatic imine (C=N–C) groups is 1. The number of aliphatic hydroxyl groups excluding tert-OH is 1. The van der Waals surface area contributed by atoms with Gasteiger partial charge in [0.2, 0.25) is 0 Å². The standard InChI is InChI=1S/C20H24ClN3O4/c1-19-8-20(19,26)16(12-6-7-13-14(12)22-9-23-18(13)24-27)28-17(19)15(25)10-2-4-11(21)5-3-10/h2-5,9,12-17,25-27H,6-8H2,1H3,(H,22,23,24)/t12?,13?,14?,15-,16+,17?,19+,20-/m1/s1. The van der Waals surface area contributed by atoms with Gasteiger partial charge in [-0.15, -0.1) is 0 Å². The number of nitrogens with one attached hydrogen (secondary N) is 1. The van der Waals surface area contributed by atoms with Crippen LogP contribution in [0.25, 0.3) is 0 Å². The summed E-state index contributed by atoms with van der Waals surface area (Å²) in [5, 5.41) is 38.5. The lowest BCUT2D eigenvalue weighted by Crippen LogP contribution is -2.45. The minimum Gasteiger partial charge on any atom is -0.409 e. The lowest BCUT2D eigenvalue weighted by atomic mass is 9.85. The first-order chi connectivity index (χ1) is 13.4. The molecule has 0 radical (unpaired) electrons. The maximum absolute atomic E-state index is 11.4. The van der Waals surface area contributed by atoms with Crippen molar-refractivity contribution in [3.63, 3.8) is 0 Å². The second-order valence-electron chi connectivity index (χ2n) is 8.74. The molecule has 1 saturated heterocycles. The summed E-state index contributed by atoms with van der Waals surface area (Å²) in [6.07, 6.45) is 2.03. The Kier molecular flexibility index (Phi) is 4.04. The van der Waals surface area contributed by atoms with Crippen molar-refractivity contribution >= 4 is 23.8 Å². The molecule has 0 aromatic heterocycles. The molecule has 2 aliphatic carbocycles. The number of hydrogen-bond donors (Lipinski definition) is 4. The molecule has 0 amide bonds. The summed E-state index contributed by atoms with van der Waals surface area (Å²) in [5.41, 5.74) is -0.745. The van der Waals surface area contributed by atoms with Crippen molar-refractivity contribution in [2.75, 3.05) is 0 Å². The summed E-state index contributed by atoms with van der Waals surface area (Å²) in [5.74, 6) is 0.524. The molecule has 2 saturated carbocycles. The van der Waals surface area contributed by atoms with E-state index in [2.05, 4.69) is 15.5 Å². The molecule has 3 fully saturated rings. The van der Waals surface area contributed by atoms with Gasteiger partial charge in [0.05, 0.1) is 30.2 Å². The van der Waals surface area contributed by atoms with E-state index in [0.717, 1.165) is 18.4 Å². The zero-order chi connectivity index (χ0) is 19.7. The Morgan fingerprint density at radius 3 is 2.79 bits per heavy atom. The van der Waals surface area contributed by atoms with Crippen LogP contribution in [0.2, 0.25) is 5.02 Å². The first-order valence-electron chi connectivity index (χ1n) is 9.70. The molecule has 2 heterocycles. The molecule has 1 aromatic rings. The summed E-state index contributed by atoms with van der Waals surface area (Å²) in [6.45, 7) is 1.98. The van der Waals surface area contributed by atoms with E-state index in [1.165, 1.54) is 0 Å². The summed E-state index contributed by atoms with van der Waals surface area (Å²) in [7, 11) is 0. The summed E-state index contributed by atoms with van der Waals surface area (Å²) >= 11 is 5.96. The normalized spacial score (nSPS) is 46.1. The summed E-state index contributed by atoms with van der Waals surface area (Å²) in [4.78, 5) is 4.56. The van der Waals surface area contributed by atoms with Crippen molar-refractivity contribution in [3.05, 3.63) is 34.9 Å². The van der Waals surface area contributed by atoms with Crippen molar-refractivity contribution in [2.24, 2.45) is 27.4 Å². The van der Waals surface area contributed by atoms with Gasteiger partial charge < -0.3 is 25.5 Å². The fourth-order valence-electron chi connectivity index (χ4n) is 5.68. The summed E-state index contributed by atoms with van der Waals surface area (Å²) in [6, 6.07) is 6.98. The molecule has 8 heteroatoms. The number of fused-ring (bicyclic) bond motifs is 2. The topological polar surface area (TPSA) is 107 Å². The van der Waals surface area contributed by atoms with Crippen LogP contribution < -0.4 is 5.32 Å². The predicted molar refractivity (Wildman–Crippen MR) is 104 cm³/mol. The number of benzene rings is 1. The van der Waals surface area contributed by atoms with Crippen LogP contribution in [0.3, 0.4) is 0 Å². The van der Waals surface area contributed by atoms with Gasteiger partial charge in [0.25, 0.3) is 0 Å². The Morgan fingerprint density at radius 1 is 1.32 bits per heavy atom. The predicted octanol–water partition coefficient (Wildman–Crippen LogP) is 2.10. The number of oxime groups is 1. The van der Waals surface area contributed by atoms with Crippen molar-refractivity contribution in [1.82, 2.24) is 5.32 Å². The molecular formula is C20H24ClN3O4. The molecule has 7 nitrogen and oxygen atoms in total. The van der Waals surface area contributed by atoms with Crippen molar-refractivity contribution in [3.8, 4) is 0 Å². The van der Waals surface area contributed by atoms with Crippen LogP contribution in [0.15, 0.2) is 34.4 Å². The SMILES string of the molecule is C[C@@]12C[C@@]1(O)[C@H](C1CCC3/C(=N/O)NC=NC31)OC2[C@H](O)c1ccc(Cl)cc1. The van der Waals surface area contributed by atoms with E-state index in [-0.39, 0.29) is 17.9 Å². The minimum atomic E-state index is -0.971. The van der Waals surface area contributed by atoms with E-state index in [9.17, 15) is 15.4 Å². The minimum absolute atomic E-state index is 0.00237. The second kappa shape index (κ2) is 6.16. The first kappa shape index (κ1) is 18.4. The molecule has 0 bridgehead atoms. The van der Waals surface area contributed by atoms with Crippen molar-refractivity contribution < 1.29 is 20.2 Å². The molecule has 8 atom stereocenters. The Hall–Kier alpha value is -1.67. The average Bonchev–Trinajstić information content (AvgIpc) is 2.98. The maximum atomic E-state index is 11.4. The average molecular weight is 406 g/mol. The smallest absolute Gasteiger partial charge is 0.152 e. The van der Waals surface area contributed by atoms with Gasteiger partial charge in [-0.1, -0.05) is 35.8 Å². The van der Waals surface area contributed by atoms with Gasteiger partial charge in [-0.25, -0.2) is 0 Å². The van der Waals surface area contributed by atoms with E-state index in [4.69, 9.17) is 16.3 Å². The van der Waals surface area contributed by atoms with Gasteiger partial charge in [0, 0.05) is 22.3 Å². The van der Waals surface area contributed by atoms with Crippen molar-refractivity contribution in [1.29, 1.82) is 0 Å². The largest absolute Gasteiger partial charge is 0.409 e. The van der Waals surface area contributed by atoms with Gasteiger partial charge in [-0.3, -0.25) is 4.99 Å². The highest BCUT2D eigenvalue weighted by molar-refractivity contribution is 6.30. The number of amidine groups is 1. The third-order valence-electron chi connectivity index (χ3n) is 7.36. The van der Waals surface area contributed by atoms with E-state index < -0.39 is 29.3 Å². The monoisotopic (exact) mass is 405 g/mol. The van der Waals surface area contributed by atoms with Gasteiger partial charge in [0.15, 0.2) is 5.84 Å². The number of halogens is 1. The quantitative estimate of drug-likeness (QED) is 0.455. The van der Waals surface area contributed by atoms with E-state index in [1.54, 1.807) is 30.6 Å². The third-order valence-corrected chi connectivity index (χ3v) is 7.61. The van der Waals surface area contributed by atoms with E-state index in [0.29, 0.717) is 17.3 Å². The Morgan fingerprint density at radius 2 is 2.07 bits per heavy atom. The molecule has 1 aromatic carbocycles. The molecule has 28 heavy (non-hydrogen) atoms. The molecule has 4 N–H and O–H groups in total. The van der Waals surface area contributed by atoms with Gasteiger partial charge in [-0.05, 0) is 37.0 Å². The van der Waals surface area contributed by atoms with Crippen LogP contribution >= 0.6 is 11.6 Å². The number of nitrogens with zero attached hydrogens (tertiary/aromatic N) is 2. The fraction of sp³-hybridized carbons (Fsp3) is 0.600. The Bertz CT molecular complexity index is 846.